The van der Waals surface area contributed by atoms with Crippen LogP contribution in [-0.4, -0.2) is 16.6 Å². The average molecular weight is 219 g/mol. The fraction of sp³-hybridized carbons (Fsp3) is 1.00. The summed E-state index contributed by atoms with van der Waals surface area (Å²) in [6.07, 6.45) is 3.17. The molecule has 0 saturated heterocycles. The first kappa shape index (κ1) is 12.3. The van der Waals surface area contributed by atoms with Gasteiger partial charge in [0, 0.05) is 0 Å². The highest BCUT2D eigenvalue weighted by atomic mass is 35.5. The van der Waals surface area contributed by atoms with Gasteiger partial charge in [-0.2, -0.15) is 0 Å². The summed E-state index contributed by atoms with van der Waals surface area (Å²) in [7, 11) is 0. The maximum atomic E-state index is 9.91. The van der Waals surface area contributed by atoms with Crippen molar-refractivity contribution >= 4 is 11.6 Å². The van der Waals surface area contributed by atoms with E-state index in [4.69, 9.17) is 11.6 Å². The van der Waals surface area contributed by atoms with Crippen LogP contribution in [0.25, 0.3) is 0 Å². The fourth-order valence-corrected chi connectivity index (χ4v) is 2.71. The summed E-state index contributed by atoms with van der Waals surface area (Å²) in [4.78, 5) is 0. The molecule has 1 aliphatic rings. The zero-order chi connectivity index (χ0) is 10.9. The van der Waals surface area contributed by atoms with Crippen molar-refractivity contribution in [2.45, 2.75) is 58.4 Å². The lowest BCUT2D eigenvalue weighted by Gasteiger charge is -2.30. The Kier molecular flexibility index (Phi) is 3.87. The smallest absolute Gasteiger partial charge is 0.0729 e. The molecule has 0 aromatic rings. The SMILES string of the molecule is CC(Cl)C(O)C1CCC(C)(C(C)C)C1. The molecule has 0 spiro atoms. The van der Waals surface area contributed by atoms with Crippen LogP contribution >= 0.6 is 11.6 Å². The maximum Gasteiger partial charge on any atom is 0.0729 e. The first-order valence-corrected chi connectivity index (χ1v) is 6.12. The standard InChI is InChI=1S/C12H23ClO/c1-8(2)12(4)6-5-10(7-12)11(14)9(3)13/h8-11,14H,5-7H2,1-4H3. The average Bonchev–Trinajstić information content (AvgIpc) is 2.48. The molecule has 0 aliphatic heterocycles. The van der Waals surface area contributed by atoms with Gasteiger partial charge in [0.1, 0.15) is 0 Å². The second kappa shape index (κ2) is 4.40. The molecule has 0 aromatic heterocycles. The molecule has 84 valence electrons. The van der Waals surface area contributed by atoms with E-state index in [1.54, 1.807) is 0 Å². The molecule has 1 saturated carbocycles. The zero-order valence-electron chi connectivity index (χ0n) is 9.76. The number of aliphatic hydroxyl groups excluding tert-OH is 1. The third kappa shape index (κ3) is 2.43. The van der Waals surface area contributed by atoms with Crippen LogP contribution < -0.4 is 0 Å². The molecule has 0 bridgehead atoms. The van der Waals surface area contributed by atoms with Crippen molar-refractivity contribution < 1.29 is 5.11 Å². The monoisotopic (exact) mass is 218 g/mol. The van der Waals surface area contributed by atoms with E-state index < -0.39 is 0 Å². The van der Waals surface area contributed by atoms with E-state index in [0.717, 1.165) is 12.8 Å². The Morgan fingerprint density at radius 1 is 1.36 bits per heavy atom. The molecule has 0 radical (unpaired) electrons. The van der Waals surface area contributed by atoms with E-state index in [0.29, 0.717) is 17.3 Å². The van der Waals surface area contributed by atoms with Gasteiger partial charge in [0.25, 0.3) is 0 Å². The summed E-state index contributed by atoms with van der Waals surface area (Å²) in [5, 5.41) is 9.79. The summed E-state index contributed by atoms with van der Waals surface area (Å²) in [5.41, 5.74) is 0.414. The number of rotatable bonds is 3. The van der Waals surface area contributed by atoms with Crippen LogP contribution in [0.1, 0.15) is 47.0 Å². The van der Waals surface area contributed by atoms with Gasteiger partial charge in [-0.05, 0) is 43.4 Å². The second-order valence-electron chi connectivity index (χ2n) is 5.48. The Bertz CT molecular complexity index is 191. The first-order valence-electron chi connectivity index (χ1n) is 5.69. The normalized spacial score (nSPS) is 37.5. The highest BCUT2D eigenvalue weighted by Crippen LogP contribution is 2.48. The first-order chi connectivity index (χ1) is 6.37. The summed E-state index contributed by atoms with van der Waals surface area (Å²) in [5.74, 6) is 1.11. The van der Waals surface area contributed by atoms with Gasteiger partial charge >= 0.3 is 0 Å². The summed E-state index contributed by atoms with van der Waals surface area (Å²) >= 11 is 5.93. The van der Waals surface area contributed by atoms with E-state index in [2.05, 4.69) is 20.8 Å². The molecule has 1 aliphatic carbocycles. The number of halogens is 1. The Labute approximate surface area is 92.8 Å². The van der Waals surface area contributed by atoms with Gasteiger partial charge in [0.05, 0.1) is 11.5 Å². The molecule has 14 heavy (non-hydrogen) atoms. The van der Waals surface area contributed by atoms with Gasteiger partial charge in [-0.1, -0.05) is 20.8 Å². The Balaban J connectivity index is 2.57. The molecule has 1 fully saturated rings. The van der Waals surface area contributed by atoms with E-state index in [1.165, 1.54) is 6.42 Å². The number of hydrogen-bond acceptors (Lipinski definition) is 1. The predicted molar refractivity (Wildman–Crippen MR) is 61.6 cm³/mol. The number of hydrogen-bond donors (Lipinski definition) is 1. The van der Waals surface area contributed by atoms with Crippen LogP contribution in [-0.2, 0) is 0 Å². The molecule has 0 heterocycles. The van der Waals surface area contributed by atoms with E-state index in [1.807, 2.05) is 6.92 Å². The van der Waals surface area contributed by atoms with Crippen molar-refractivity contribution in [2.75, 3.05) is 0 Å². The van der Waals surface area contributed by atoms with Crippen LogP contribution in [0.15, 0.2) is 0 Å². The molecule has 1 nitrogen and oxygen atoms in total. The molecule has 0 amide bonds. The Hall–Kier alpha value is 0.250. The quantitative estimate of drug-likeness (QED) is 0.720. The van der Waals surface area contributed by atoms with E-state index in [-0.39, 0.29) is 11.5 Å². The number of aliphatic hydroxyl groups is 1. The van der Waals surface area contributed by atoms with Crippen LogP contribution in [0.5, 0.6) is 0 Å². The van der Waals surface area contributed by atoms with Crippen molar-refractivity contribution in [1.29, 1.82) is 0 Å². The minimum Gasteiger partial charge on any atom is -0.391 e. The van der Waals surface area contributed by atoms with Crippen molar-refractivity contribution in [1.82, 2.24) is 0 Å². The highest BCUT2D eigenvalue weighted by Gasteiger charge is 2.40. The summed E-state index contributed by atoms with van der Waals surface area (Å²) < 4.78 is 0. The number of alkyl halides is 1. The summed E-state index contributed by atoms with van der Waals surface area (Å²) in [6, 6.07) is 0. The van der Waals surface area contributed by atoms with Gasteiger partial charge < -0.3 is 5.11 Å². The maximum absolute atomic E-state index is 9.91. The van der Waals surface area contributed by atoms with E-state index >= 15 is 0 Å². The molecule has 2 heteroatoms. The largest absolute Gasteiger partial charge is 0.391 e. The Morgan fingerprint density at radius 2 is 1.93 bits per heavy atom. The third-order valence-corrected chi connectivity index (χ3v) is 4.42. The van der Waals surface area contributed by atoms with Gasteiger partial charge in [0.2, 0.25) is 0 Å². The lowest BCUT2D eigenvalue weighted by molar-refractivity contribution is 0.0967. The van der Waals surface area contributed by atoms with Crippen LogP contribution in [0, 0.1) is 17.3 Å². The van der Waals surface area contributed by atoms with Crippen molar-refractivity contribution in [3.05, 3.63) is 0 Å². The Morgan fingerprint density at radius 3 is 2.29 bits per heavy atom. The third-order valence-electron chi connectivity index (χ3n) is 4.16. The van der Waals surface area contributed by atoms with E-state index in [9.17, 15) is 5.11 Å². The van der Waals surface area contributed by atoms with Gasteiger partial charge in [-0.25, -0.2) is 0 Å². The second-order valence-corrected chi connectivity index (χ2v) is 6.17. The lowest BCUT2D eigenvalue weighted by Crippen LogP contribution is -2.28. The minimum absolute atomic E-state index is 0.116. The van der Waals surface area contributed by atoms with Crippen LogP contribution in [0.4, 0.5) is 0 Å². The van der Waals surface area contributed by atoms with Gasteiger partial charge in [0.15, 0.2) is 0 Å². The van der Waals surface area contributed by atoms with Gasteiger partial charge in [-0.3, -0.25) is 0 Å². The van der Waals surface area contributed by atoms with Crippen molar-refractivity contribution in [3.63, 3.8) is 0 Å². The van der Waals surface area contributed by atoms with Crippen molar-refractivity contribution in [3.8, 4) is 0 Å². The summed E-state index contributed by atoms with van der Waals surface area (Å²) in [6.45, 7) is 8.78. The van der Waals surface area contributed by atoms with Crippen LogP contribution in [0.3, 0.4) is 0 Å². The minimum atomic E-state index is -0.322. The van der Waals surface area contributed by atoms with Crippen LogP contribution in [0.2, 0.25) is 0 Å². The van der Waals surface area contributed by atoms with Crippen molar-refractivity contribution in [2.24, 2.45) is 17.3 Å². The predicted octanol–water partition coefficient (Wildman–Crippen LogP) is 3.44. The van der Waals surface area contributed by atoms with Gasteiger partial charge in [-0.15, -0.1) is 11.6 Å². The zero-order valence-corrected chi connectivity index (χ0v) is 10.5. The highest BCUT2D eigenvalue weighted by molar-refractivity contribution is 6.20. The molecule has 0 aromatic carbocycles. The lowest BCUT2D eigenvalue weighted by atomic mass is 9.76. The fourth-order valence-electron chi connectivity index (χ4n) is 2.51. The molecule has 4 atom stereocenters. The molecular weight excluding hydrogens is 196 g/mol. The molecule has 4 unspecified atom stereocenters. The topological polar surface area (TPSA) is 20.2 Å². The molecule has 1 N–H and O–H groups in total. The molecular formula is C12H23ClO. The molecule has 1 rings (SSSR count).